The van der Waals surface area contributed by atoms with Crippen LogP contribution in [0.25, 0.3) is 0 Å². The summed E-state index contributed by atoms with van der Waals surface area (Å²) in [5, 5.41) is 10.3. The van der Waals surface area contributed by atoms with Gasteiger partial charge in [-0.05, 0) is 36.2 Å². The fourth-order valence-corrected chi connectivity index (χ4v) is 3.25. The van der Waals surface area contributed by atoms with Crippen LogP contribution in [-0.2, 0) is 6.42 Å². The second-order valence-electron chi connectivity index (χ2n) is 6.47. The Kier molecular flexibility index (Phi) is 5.89. The predicted octanol–water partition coefficient (Wildman–Crippen LogP) is 2.56. The highest BCUT2D eigenvalue weighted by Crippen LogP contribution is 2.22. The molecule has 0 aliphatic carbocycles. The monoisotopic (exact) mass is 344 g/mol. The van der Waals surface area contributed by atoms with Gasteiger partial charge in [-0.2, -0.15) is 0 Å². The summed E-state index contributed by atoms with van der Waals surface area (Å²) in [5.74, 6) is 0.626. The van der Waals surface area contributed by atoms with E-state index in [1.54, 1.807) is 19.2 Å². The van der Waals surface area contributed by atoms with Crippen molar-refractivity contribution in [2.24, 2.45) is 0 Å². The minimum Gasteiger partial charge on any atom is -0.497 e. The lowest BCUT2D eigenvalue weighted by atomic mass is 10.1. The first-order chi connectivity index (χ1) is 12.1. The van der Waals surface area contributed by atoms with Crippen LogP contribution in [0.1, 0.15) is 5.56 Å². The van der Waals surface area contributed by atoms with Gasteiger partial charge in [-0.3, -0.25) is 4.90 Å². The number of β-amino-alcohol motifs (C(OH)–C–C–N with tert-alkyl or cyclic N) is 1. The molecule has 3 rings (SSSR count). The second-order valence-corrected chi connectivity index (χ2v) is 6.47. The zero-order chi connectivity index (χ0) is 17.6. The van der Waals surface area contributed by atoms with Crippen molar-refractivity contribution in [3.8, 4) is 5.75 Å². The van der Waals surface area contributed by atoms with Crippen LogP contribution in [0.4, 0.5) is 10.1 Å². The molecule has 1 N–H and O–H groups in total. The SMILES string of the molecule is COc1cccc(N2CCN(C[C@@H](O)Cc3ccc(F)cc3)CC2)c1. The standard InChI is InChI=1S/C20H25FN2O2/c1-25-20-4-2-3-18(14-20)23-11-9-22(10-12-23)15-19(24)13-16-5-7-17(21)8-6-16/h2-8,14,19,24H,9-13,15H2,1H3/t19-/m0/s1. The van der Waals surface area contributed by atoms with Gasteiger partial charge in [0, 0.05) is 44.5 Å². The number of rotatable bonds is 6. The van der Waals surface area contributed by atoms with E-state index in [4.69, 9.17) is 4.74 Å². The maximum absolute atomic E-state index is 12.9. The van der Waals surface area contributed by atoms with E-state index in [1.807, 2.05) is 12.1 Å². The number of ether oxygens (including phenoxy) is 1. The molecule has 4 nitrogen and oxygen atoms in total. The van der Waals surface area contributed by atoms with Crippen molar-refractivity contribution in [1.29, 1.82) is 0 Å². The Balaban J connectivity index is 1.47. The summed E-state index contributed by atoms with van der Waals surface area (Å²) in [6, 6.07) is 14.5. The molecule has 0 radical (unpaired) electrons. The Morgan fingerprint density at radius 2 is 1.80 bits per heavy atom. The molecule has 1 atom stereocenters. The second kappa shape index (κ2) is 8.32. The largest absolute Gasteiger partial charge is 0.497 e. The molecule has 0 spiro atoms. The molecular formula is C20H25FN2O2. The van der Waals surface area contributed by atoms with E-state index in [9.17, 15) is 9.50 Å². The first-order valence-corrected chi connectivity index (χ1v) is 8.68. The van der Waals surface area contributed by atoms with Crippen molar-refractivity contribution in [3.63, 3.8) is 0 Å². The molecule has 2 aromatic rings. The summed E-state index contributed by atoms with van der Waals surface area (Å²) < 4.78 is 18.2. The van der Waals surface area contributed by atoms with Crippen molar-refractivity contribution in [2.75, 3.05) is 44.7 Å². The molecule has 0 unspecified atom stereocenters. The molecular weight excluding hydrogens is 319 g/mol. The van der Waals surface area contributed by atoms with Crippen LogP contribution in [0.2, 0.25) is 0 Å². The van der Waals surface area contributed by atoms with Gasteiger partial charge in [-0.1, -0.05) is 18.2 Å². The van der Waals surface area contributed by atoms with Crippen LogP contribution in [-0.4, -0.2) is 55.9 Å². The highest BCUT2D eigenvalue weighted by atomic mass is 19.1. The molecule has 1 fully saturated rings. The van der Waals surface area contributed by atoms with Crippen molar-refractivity contribution in [1.82, 2.24) is 4.90 Å². The Morgan fingerprint density at radius 3 is 2.48 bits per heavy atom. The molecule has 134 valence electrons. The maximum Gasteiger partial charge on any atom is 0.123 e. The fourth-order valence-electron chi connectivity index (χ4n) is 3.25. The average Bonchev–Trinajstić information content (AvgIpc) is 2.64. The Hall–Kier alpha value is -2.11. The number of anilines is 1. The van der Waals surface area contributed by atoms with Gasteiger partial charge >= 0.3 is 0 Å². The zero-order valence-corrected chi connectivity index (χ0v) is 14.6. The van der Waals surface area contributed by atoms with Crippen LogP contribution < -0.4 is 9.64 Å². The summed E-state index contributed by atoms with van der Waals surface area (Å²) in [6.07, 6.45) is 0.116. The summed E-state index contributed by atoms with van der Waals surface area (Å²) in [7, 11) is 1.68. The molecule has 1 aliphatic heterocycles. The molecule has 5 heteroatoms. The van der Waals surface area contributed by atoms with Crippen LogP contribution in [0, 0.1) is 5.82 Å². The number of aliphatic hydroxyl groups is 1. The number of piperazine rings is 1. The van der Waals surface area contributed by atoms with E-state index >= 15 is 0 Å². The van der Waals surface area contributed by atoms with E-state index in [-0.39, 0.29) is 5.82 Å². The van der Waals surface area contributed by atoms with E-state index < -0.39 is 6.10 Å². The van der Waals surface area contributed by atoms with E-state index in [1.165, 1.54) is 17.8 Å². The van der Waals surface area contributed by atoms with Crippen LogP contribution in [0.15, 0.2) is 48.5 Å². The van der Waals surface area contributed by atoms with E-state index in [2.05, 4.69) is 21.9 Å². The number of hydrogen-bond acceptors (Lipinski definition) is 4. The topological polar surface area (TPSA) is 35.9 Å². The van der Waals surface area contributed by atoms with Gasteiger partial charge < -0.3 is 14.7 Å². The molecule has 0 bridgehead atoms. The average molecular weight is 344 g/mol. The first kappa shape index (κ1) is 17.7. The van der Waals surface area contributed by atoms with Gasteiger partial charge in [-0.25, -0.2) is 4.39 Å². The molecule has 1 heterocycles. The third kappa shape index (κ3) is 4.94. The fraction of sp³-hybridized carbons (Fsp3) is 0.400. The Morgan fingerprint density at radius 1 is 1.08 bits per heavy atom. The number of halogens is 1. The minimum atomic E-state index is -0.436. The molecule has 1 aliphatic rings. The van der Waals surface area contributed by atoms with Crippen LogP contribution in [0.3, 0.4) is 0 Å². The molecule has 1 saturated heterocycles. The molecule has 0 amide bonds. The van der Waals surface area contributed by atoms with Crippen LogP contribution in [0.5, 0.6) is 5.75 Å². The van der Waals surface area contributed by atoms with E-state index in [0.29, 0.717) is 13.0 Å². The van der Waals surface area contributed by atoms with Gasteiger partial charge in [0.25, 0.3) is 0 Å². The zero-order valence-electron chi connectivity index (χ0n) is 14.6. The van der Waals surface area contributed by atoms with Gasteiger partial charge in [0.15, 0.2) is 0 Å². The number of nitrogens with zero attached hydrogens (tertiary/aromatic N) is 2. The lowest BCUT2D eigenvalue weighted by molar-refractivity contribution is 0.109. The Labute approximate surface area is 148 Å². The van der Waals surface area contributed by atoms with Gasteiger partial charge in [0.05, 0.1) is 13.2 Å². The number of hydrogen-bond donors (Lipinski definition) is 1. The highest BCUT2D eigenvalue weighted by Gasteiger charge is 2.20. The first-order valence-electron chi connectivity index (χ1n) is 8.68. The van der Waals surface area contributed by atoms with Gasteiger partial charge in [0.1, 0.15) is 11.6 Å². The number of methoxy groups -OCH3 is 1. The summed E-state index contributed by atoms with van der Waals surface area (Å²) in [6.45, 7) is 4.32. The van der Waals surface area contributed by atoms with Gasteiger partial charge in [-0.15, -0.1) is 0 Å². The highest BCUT2D eigenvalue weighted by molar-refractivity contribution is 5.51. The third-order valence-corrected chi connectivity index (χ3v) is 4.64. The third-order valence-electron chi connectivity index (χ3n) is 4.64. The summed E-state index contributed by atoms with van der Waals surface area (Å²) >= 11 is 0. The molecule has 25 heavy (non-hydrogen) atoms. The Bertz CT molecular complexity index is 670. The van der Waals surface area contributed by atoms with E-state index in [0.717, 1.165) is 37.5 Å². The predicted molar refractivity (Wildman–Crippen MR) is 97.8 cm³/mol. The van der Waals surface area contributed by atoms with Crippen molar-refractivity contribution >= 4 is 5.69 Å². The van der Waals surface area contributed by atoms with Crippen molar-refractivity contribution in [2.45, 2.75) is 12.5 Å². The smallest absolute Gasteiger partial charge is 0.123 e. The van der Waals surface area contributed by atoms with Crippen molar-refractivity contribution in [3.05, 3.63) is 59.9 Å². The molecule has 0 saturated carbocycles. The van der Waals surface area contributed by atoms with Crippen LogP contribution >= 0.6 is 0 Å². The summed E-state index contributed by atoms with van der Waals surface area (Å²) in [5.41, 5.74) is 2.13. The maximum atomic E-state index is 12.9. The minimum absolute atomic E-state index is 0.244. The molecule has 0 aromatic heterocycles. The lowest BCUT2D eigenvalue weighted by Crippen LogP contribution is -2.48. The number of benzene rings is 2. The summed E-state index contributed by atoms with van der Waals surface area (Å²) in [4.78, 5) is 4.62. The van der Waals surface area contributed by atoms with Crippen molar-refractivity contribution < 1.29 is 14.2 Å². The molecule has 2 aromatic carbocycles. The lowest BCUT2D eigenvalue weighted by Gasteiger charge is -2.37. The quantitative estimate of drug-likeness (QED) is 0.874. The number of aliphatic hydroxyl groups excluding tert-OH is 1. The normalized spacial score (nSPS) is 16.7. The van der Waals surface area contributed by atoms with Gasteiger partial charge in [0.2, 0.25) is 0 Å².